The topological polar surface area (TPSA) is 12.4 Å². The van der Waals surface area contributed by atoms with E-state index in [4.69, 9.17) is 0 Å². The van der Waals surface area contributed by atoms with Crippen molar-refractivity contribution in [3.63, 3.8) is 0 Å². The highest BCUT2D eigenvalue weighted by molar-refractivity contribution is 14.1. The average molecular weight is 303 g/mol. The monoisotopic (exact) mass is 303 g/mol. The van der Waals surface area contributed by atoms with Crippen LogP contribution in [0.4, 0.5) is 0 Å². The van der Waals surface area contributed by atoms with Crippen LogP contribution in [0.25, 0.3) is 0 Å². The molecule has 1 heterocycles. The van der Waals surface area contributed by atoms with Crippen molar-refractivity contribution in [2.45, 2.75) is 5.25 Å². The van der Waals surface area contributed by atoms with E-state index in [0.717, 1.165) is 6.54 Å². The molecular formula is C10H10INS. The lowest BCUT2D eigenvalue weighted by Crippen LogP contribution is -2.03. The van der Waals surface area contributed by atoms with Crippen molar-refractivity contribution in [2.75, 3.05) is 11.0 Å². The number of benzene rings is 1. The van der Waals surface area contributed by atoms with Crippen LogP contribution in [0.5, 0.6) is 0 Å². The molecule has 0 N–H and O–H groups in total. The Kier molecular flexibility index (Phi) is 3.27. The minimum absolute atomic E-state index is 0.691. The van der Waals surface area contributed by atoms with Crippen LogP contribution in [0.15, 0.2) is 35.3 Å². The molecule has 0 saturated carbocycles. The number of hydrogen-bond acceptors (Lipinski definition) is 2. The molecule has 0 amide bonds. The summed E-state index contributed by atoms with van der Waals surface area (Å²) in [6, 6.07) is 10.4. The summed E-state index contributed by atoms with van der Waals surface area (Å²) >= 11 is 4.33. The minimum atomic E-state index is 0.691. The summed E-state index contributed by atoms with van der Waals surface area (Å²) in [6.45, 7) is 0.984. The standard InChI is InChI=1S/C10H10INS/c11-6-9-7-12-10(13-9)8-4-2-1-3-5-8/h1-5,9H,6-7H2. The number of hydrogen-bond donors (Lipinski definition) is 0. The predicted molar refractivity (Wildman–Crippen MR) is 68.1 cm³/mol. The van der Waals surface area contributed by atoms with Gasteiger partial charge >= 0.3 is 0 Å². The molecule has 1 aromatic rings. The van der Waals surface area contributed by atoms with Crippen LogP contribution >= 0.6 is 34.4 Å². The first-order chi connectivity index (χ1) is 6.40. The van der Waals surface area contributed by atoms with E-state index >= 15 is 0 Å². The van der Waals surface area contributed by atoms with Crippen molar-refractivity contribution in [3.8, 4) is 0 Å². The van der Waals surface area contributed by atoms with E-state index in [1.807, 2.05) is 17.8 Å². The zero-order chi connectivity index (χ0) is 9.10. The van der Waals surface area contributed by atoms with Gasteiger partial charge in [0.2, 0.25) is 0 Å². The van der Waals surface area contributed by atoms with Gasteiger partial charge in [-0.2, -0.15) is 0 Å². The molecule has 1 unspecified atom stereocenters. The molecule has 0 aromatic heterocycles. The Labute approximate surface area is 96.2 Å². The van der Waals surface area contributed by atoms with Crippen LogP contribution < -0.4 is 0 Å². The van der Waals surface area contributed by atoms with Crippen LogP contribution in [0.1, 0.15) is 5.56 Å². The van der Waals surface area contributed by atoms with Gasteiger partial charge in [-0.1, -0.05) is 52.9 Å². The SMILES string of the molecule is ICC1CN=C(c2ccccc2)S1. The van der Waals surface area contributed by atoms with E-state index in [-0.39, 0.29) is 0 Å². The van der Waals surface area contributed by atoms with Gasteiger partial charge in [0, 0.05) is 15.2 Å². The Bertz CT molecular complexity index is 310. The van der Waals surface area contributed by atoms with Crippen molar-refractivity contribution < 1.29 is 0 Å². The molecule has 0 fully saturated rings. The summed E-state index contributed by atoms with van der Waals surface area (Å²) in [5.41, 5.74) is 1.26. The number of nitrogens with zero attached hydrogens (tertiary/aromatic N) is 1. The summed E-state index contributed by atoms with van der Waals surface area (Å²) in [4.78, 5) is 4.53. The van der Waals surface area contributed by atoms with Gasteiger partial charge in [0.1, 0.15) is 0 Å². The third-order valence-corrected chi connectivity index (χ3v) is 4.81. The number of rotatable bonds is 2. The highest BCUT2D eigenvalue weighted by atomic mass is 127. The van der Waals surface area contributed by atoms with Crippen LogP contribution in [0, 0.1) is 0 Å². The van der Waals surface area contributed by atoms with Gasteiger partial charge in [0.15, 0.2) is 0 Å². The quantitative estimate of drug-likeness (QED) is 0.604. The average Bonchev–Trinajstić information content (AvgIpc) is 2.67. The molecule has 0 aliphatic carbocycles. The van der Waals surface area contributed by atoms with Gasteiger partial charge in [0.25, 0.3) is 0 Å². The van der Waals surface area contributed by atoms with Crippen LogP contribution in [-0.2, 0) is 0 Å². The second kappa shape index (κ2) is 4.46. The molecule has 1 aliphatic heterocycles. The Morgan fingerprint density at radius 2 is 2.15 bits per heavy atom. The molecular weight excluding hydrogens is 293 g/mol. The second-order valence-corrected chi connectivity index (χ2v) is 5.08. The molecule has 1 aromatic carbocycles. The summed E-state index contributed by atoms with van der Waals surface area (Å²) in [5, 5.41) is 1.90. The number of aliphatic imine (C=N–C) groups is 1. The molecule has 1 atom stereocenters. The maximum absolute atomic E-state index is 4.53. The molecule has 0 saturated heterocycles. The first-order valence-corrected chi connectivity index (χ1v) is 6.63. The Hall–Kier alpha value is -0.0300. The van der Waals surface area contributed by atoms with E-state index in [0.29, 0.717) is 5.25 Å². The zero-order valence-corrected chi connectivity index (χ0v) is 10.1. The fourth-order valence-corrected chi connectivity index (χ4v) is 3.00. The van der Waals surface area contributed by atoms with Crippen molar-refractivity contribution >= 4 is 39.4 Å². The van der Waals surface area contributed by atoms with Crippen LogP contribution in [0.2, 0.25) is 0 Å². The fourth-order valence-electron chi connectivity index (χ4n) is 1.24. The van der Waals surface area contributed by atoms with E-state index in [1.54, 1.807) is 0 Å². The second-order valence-electron chi connectivity index (χ2n) is 2.91. The van der Waals surface area contributed by atoms with Crippen LogP contribution in [-0.4, -0.2) is 21.3 Å². The molecule has 1 aliphatic rings. The predicted octanol–water partition coefficient (Wildman–Crippen LogP) is 2.98. The minimum Gasteiger partial charge on any atom is -0.277 e. The fraction of sp³-hybridized carbons (Fsp3) is 0.300. The lowest BCUT2D eigenvalue weighted by Gasteiger charge is -2.02. The molecule has 68 valence electrons. The lowest BCUT2D eigenvalue weighted by molar-refractivity contribution is 0.999. The van der Waals surface area contributed by atoms with Gasteiger partial charge in [-0.25, -0.2) is 0 Å². The molecule has 3 heteroatoms. The maximum Gasteiger partial charge on any atom is 0.0980 e. The van der Waals surface area contributed by atoms with E-state index in [9.17, 15) is 0 Å². The van der Waals surface area contributed by atoms with Crippen molar-refractivity contribution in [3.05, 3.63) is 35.9 Å². The highest BCUT2D eigenvalue weighted by Crippen LogP contribution is 2.26. The van der Waals surface area contributed by atoms with E-state index < -0.39 is 0 Å². The van der Waals surface area contributed by atoms with Crippen LogP contribution in [0.3, 0.4) is 0 Å². The lowest BCUT2D eigenvalue weighted by atomic mass is 10.2. The van der Waals surface area contributed by atoms with E-state index in [2.05, 4.69) is 51.8 Å². The first-order valence-electron chi connectivity index (χ1n) is 4.22. The van der Waals surface area contributed by atoms with Gasteiger partial charge < -0.3 is 0 Å². The highest BCUT2D eigenvalue weighted by Gasteiger charge is 2.18. The smallest absolute Gasteiger partial charge is 0.0980 e. The third kappa shape index (κ3) is 2.26. The molecule has 2 rings (SSSR count). The number of halogens is 1. The maximum atomic E-state index is 4.53. The largest absolute Gasteiger partial charge is 0.277 e. The zero-order valence-electron chi connectivity index (χ0n) is 7.11. The summed E-state index contributed by atoms with van der Waals surface area (Å²) < 4.78 is 1.18. The normalized spacial score (nSPS) is 21.6. The van der Waals surface area contributed by atoms with Crippen molar-refractivity contribution in [2.24, 2.45) is 4.99 Å². The molecule has 0 radical (unpaired) electrons. The Balaban J connectivity index is 2.12. The summed E-state index contributed by atoms with van der Waals surface area (Å²) in [7, 11) is 0. The molecule has 1 nitrogen and oxygen atoms in total. The number of alkyl halides is 1. The van der Waals surface area contributed by atoms with Crippen molar-refractivity contribution in [1.29, 1.82) is 0 Å². The third-order valence-electron chi connectivity index (χ3n) is 1.91. The summed E-state index contributed by atoms with van der Waals surface area (Å²) in [6.07, 6.45) is 0. The van der Waals surface area contributed by atoms with Gasteiger partial charge in [-0.3, -0.25) is 4.99 Å². The van der Waals surface area contributed by atoms with Gasteiger partial charge in [-0.05, 0) is 0 Å². The Morgan fingerprint density at radius 1 is 1.38 bits per heavy atom. The molecule has 13 heavy (non-hydrogen) atoms. The Morgan fingerprint density at radius 3 is 2.77 bits per heavy atom. The van der Waals surface area contributed by atoms with Gasteiger partial charge in [-0.15, -0.1) is 11.8 Å². The molecule has 0 spiro atoms. The van der Waals surface area contributed by atoms with E-state index in [1.165, 1.54) is 15.0 Å². The molecule has 0 bridgehead atoms. The summed E-state index contributed by atoms with van der Waals surface area (Å²) in [5.74, 6) is 0. The first kappa shape index (κ1) is 9.52. The van der Waals surface area contributed by atoms with Gasteiger partial charge in [0.05, 0.1) is 11.6 Å². The van der Waals surface area contributed by atoms with Crippen molar-refractivity contribution in [1.82, 2.24) is 0 Å². The number of thioether (sulfide) groups is 1.